The molecule has 0 radical (unpaired) electrons. The average Bonchev–Trinajstić information content (AvgIpc) is 2.94. The van der Waals surface area contributed by atoms with Crippen molar-refractivity contribution in [3.05, 3.63) is 63.6 Å². The van der Waals surface area contributed by atoms with Gasteiger partial charge in [0.1, 0.15) is 0 Å². The number of rotatable bonds is 7. The third-order valence-electron chi connectivity index (χ3n) is 4.57. The Labute approximate surface area is 176 Å². The van der Waals surface area contributed by atoms with Crippen molar-refractivity contribution >= 4 is 45.2 Å². The van der Waals surface area contributed by atoms with Crippen molar-refractivity contribution in [3.8, 4) is 0 Å². The van der Waals surface area contributed by atoms with Crippen LogP contribution in [0.1, 0.15) is 39.1 Å². The molecule has 150 valence electrons. The Morgan fingerprint density at radius 2 is 1.66 bits per heavy atom. The van der Waals surface area contributed by atoms with Crippen molar-refractivity contribution in [1.29, 1.82) is 0 Å². The summed E-state index contributed by atoms with van der Waals surface area (Å²) in [5, 5.41) is 5.29. The first-order valence-electron chi connectivity index (χ1n) is 9.14. The molecule has 1 aliphatic rings. The molecule has 2 N–H and O–H groups in total. The topological polar surface area (TPSA) is 95.6 Å². The van der Waals surface area contributed by atoms with Crippen LogP contribution in [0, 0.1) is 6.92 Å². The number of aryl methyl sites for hydroxylation is 1. The van der Waals surface area contributed by atoms with Crippen LogP contribution in [0.4, 0.5) is 5.69 Å². The molecular weight excluding hydrogens is 438 g/mol. The van der Waals surface area contributed by atoms with Gasteiger partial charge < -0.3 is 10.6 Å². The smallest absolute Gasteiger partial charge is 0.261 e. The minimum atomic E-state index is -0.338. The van der Waals surface area contributed by atoms with E-state index >= 15 is 0 Å². The van der Waals surface area contributed by atoms with Gasteiger partial charge in [-0.05, 0) is 49.2 Å². The minimum absolute atomic E-state index is 0.109. The van der Waals surface area contributed by atoms with Gasteiger partial charge in [0.15, 0.2) is 0 Å². The first-order valence-corrected chi connectivity index (χ1v) is 9.94. The van der Waals surface area contributed by atoms with Gasteiger partial charge >= 0.3 is 0 Å². The zero-order valence-corrected chi connectivity index (χ0v) is 17.4. The standard InChI is InChI=1S/C21H20BrN3O4/c1-13-11-14(22)8-9-17(13)24-19(27)12-23-18(26)7-4-10-25-20(28)15-5-2-3-6-16(15)21(25)29/h2-3,5-6,8-9,11H,4,7,10,12H2,1H3,(H,23,26)(H,24,27). The molecule has 0 aromatic heterocycles. The largest absolute Gasteiger partial charge is 0.347 e. The van der Waals surface area contributed by atoms with Gasteiger partial charge in [-0.1, -0.05) is 28.1 Å². The highest BCUT2D eigenvalue weighted by Crippen LogP contribution is 2.22. The lowest BCUT2D eigenvalue weighted by atomic mass is 10.1. The van der Waals surface area contributed by atoms with Crippen molar-refractivity contribution in [2.75, 3.05) is 18.4 Å². The molecule has 0 atom stereocenters. The molecule has 1 heterocycles. The van der Waals surface area contributed by atoms with Gasteiger partial charge in [0.2, 0.25) is 11.8 Å². The van der Waals surface area contributed by atoms with E-state index in [0.717, 1.165) is 14.9 Å². The minimum Gasteiger partial charge on any atom is -0.347 e. The molecule has 1 aliphatic heterocycles. The van der Waals surface area contributed by atoms with E-state index in [4.69, 9.17) is 0 Å². The van der Waals surface area contributed by atoms with Gasteiger partial charge in [-0.15, -0.1) is 0 Å². The lowest BCUT2D eigenvalue weighted by molar-refractivity contribution is -0.124. The molecule has 0 saturated heterocycles. The number of amides is 4. The zero-order chi connectivity index (χ0) is 21.0. The fourth-order valence-corrected chi connectivity index (χ4v) is 3.54. The molecule has 29 heavy (non-hydrogen) atoms. The van der Waals surface area contributed by atoms with Crippen molar-refractivity contribution in [1.82, 2.24) is 10.2 Å². The molecule has 7 nitrogen and oxygen atoms in total. The van der Waals surface area contributed by atoms with Gasteiger partial charge in [-0.3, -0.25) is 24.1 Å². The van der Waals surface area contributed by atoms with Crippen LogP contribution in [-0.2, 0) is 9.59 Å². The summed E-state index contributed by atoms with van der Waals surface area (Å²) in [4.78, 5) is 49.7. The van der Waals surface area contributed by atoms with Crippen LogP contribution in [0.5, 0.6) is 0 Å². The maximum Gasteiger partial charge on any atom is 0.261 e. The molecule has 2 aromatic carbocycles. The first kappa shape index (κ1) is 20.7. The van der Waals surface area contributed by atoms with Gasteiger partial charge in [0, 0.05) is 23.1 Å². The summed E-state index contributed by atoms with van der Waals surface area (Å²) in [6, 6.07) is 12.1. The number of imide groups is 1. The van der Waals surface area contributed by atoms with Crippen LogP contribution in [0.15, 0.2) is 46.9 Å². The second kappa shape index (κ2) is 9.00. The summed E-state index contributed by atoms with van der Waals surface area (Å²) >= 11 is 3.36. The number of nitrogens with zero attached hydrogens (tertiary/aromatic N) is 1. The molecule has 4 amide bonds. The zero-order valence-electron chi connectivity index (χ0n) is 15.8. The van der Waals surface area contributed by atoms with E-state index in [0.29, 0.717) is 23.2 Å². The van der Waals surface area contributed by atoms with Gasteiger partial charge in [-0.2, -0.15) is 0 Å². The molecule has 8 heteroatoms. The van der Waals surface area contributed by atoms with Crippen LogP contribution in [-0.4, -0.2) is 41.6 Å². The number of nitrogens with one attached hydrogen (secondary N) is 2. The fraction of sp³-hybridized carbons (Fsp3) is 0.238. The van der Waals surface area contributed by atoms with Crippen molar-refractivity contribution in [2.45, 2.75) is 19.8 Å². The second-order valence-corrected chi connectivity index (χ2v) is 7.61. The fourth-order valence-electron chi connectivity index (χ4n) is 3.07. The van der Waals surface area contributed by atoms with Gasteiger partial charge in [-0.25, -0.2) is 0 Å². The quantitative estimate of drug-likeness (QED) is 0.624. The molecule has 0 unspecified atom stereocenters. The summed E-state index contributed by atoms with van der Waals surface area (Å²) in [5.41, 5.74) is 2.36. The number of hydrogen-bond acceptors (Lipinski definition) is 4. The Hall–Kier alpha value is -3.00. The number of benzene rings is 2. The Kier molecular flexibility index (Phi) is 6.43. The monoisotopic (exact) mass is 457 g/mol. The Bertz CT molecular complexity index is 955. The second-order valence-electron chi connectivity index (χ2n) is 6.70. The van der Waals surface area contributed by atoms with Crippen LogP contribution in [0.3, 0.4) is 0 Å². The van der Waals surface area contributed by atoms with Crippen molar-refractivity contribution in [2.24, 2.45) is 0 Å². The van der Waals surface area contributed by atoms with Crippen LogP contribution in [0.2, 0.25) is 0 Å². The SMILES string of the molecule is Cc1cc(Br)ccc1NC(=O)CNC(=O)CCCN1C(=O)c2ccccc2C1=O. The number of hydrogen-bond donors (Lipinski definition) is 2. The summed E-state index contributed by atoms with van der Waals surface area (Å²) in [6.07, 6.45) is 0.433. The molecule has 0 saturated carbocycles. The van der Waals surface area contributed by atoms with Crippen LogP contribution in [0.25, 0.3) is 0 Å². The third-order valence-corrected chi connectivity index (χ3v) is 5.07. The van der Waals surface area contributed by atoms with E-state index in [1.807, 2.05) is 19.1 Å². The van der Waals surface area contributed by atoms with Gasteiger partial charge in [0.05, 0.1) is 17.7 Å². The highest BCUT2D eigenvalue weighted by molar-refractivity contribution is 9.10. The molecule has 3 rings (SSSR count). The highest BCUT2D eigenvalue weighted by atomic mass is 79.9. The van der Waals surface area contributed by atoms with E-state index in [-0.39, 0.29) is 43.1 Å². The lowest BCUT2D eigenvalue weighted by Gasteiger charge is -2.13. The lowest BCUT2D eigenvalue weighted by Crippen LogP contribution is -2.34. The van der Waals surface area contributed by atoms with Gasteiger partial charge in [0.25, 0.3) is 11.8 Å². The summed E-state index contributed by atoms with van der Waals surface area (Å²) in [7, 11) is 0. The van der Waals surface area contributed by atoms with Crippen molar-refractivity contribution < 1.29 is 19.2 Å². The molecule has 0 bridgehead atoms. The number of carbonyl (C=O) groups excluding carboxylic acids is 4. The van der Waals surface area contributed by atoms with E-state index in [9.17, 15) is 19.2 Å². The Balaban J connectivity index is 1.41. The molecule has 0 spiro atoms. The normalized spacial score (nSPS) is 12.7. The van der Waals surface area contributed by atoms with E-state index in [2.05, 4.69) is 26.6 Å². The molecular formula is C21H20BrN3O4. The van der Waals surface area contributed by atoms with E-state index < -0.39 is 0 Å². The van der Waals surface area contributed by atoms with E-state index in [1.165, 1.54) is 0 Å². The average molecular weight is 458 g/mol. The summed E-state index contributed by atoms with van der Waals surface area (Å²) in [6.45, 7) is 1.88. The maximum absolute atomic E-state index is 12.3. The summed E-state index contributed by atoms with van der Waals surface area (Å²) in [5.74, 6) is -1.32. The Morgan fingerprint density at radius 1 is 1.00 bits per heavy atom. The van der Waals surface area contributed by atoms with Crippen LogP contribution < -0.4 is 10.6 Å². The predicted molar refractivity (Wildman–Crippen MR) is 112 cm³/mol. The van der Waals surface area contributed by atoms with Crippen LogP contribution >= 0.6 is 15.9 Å². The Morgan fingerprint density at radius 3 is 2.28 bits per heavy atom. The number of anilines is 1. The predicted octanol–water partition coefficient (Wildman–Crippen LogP) is 2.89. The molecule has 2 aromatic rings. The maximum atomic E-state index is 12.3. The van der Waals surface area contributed by atoms with E-state index in [1.54, 1.807) is 30.3 Å². The number of fused-ring (bicyclic) bond motifs is 1. The summed E-state index contributed by atoms with van der Waals surface area (Å²) < 4.78 is 0.916. The third kappa shape index (κ3) is 4.89. The first-order chi connectivity index (χ1) is 13.9. The molecule has 0 aliphatic carbocycles. The number of carbonyl (C=O) groups is 4. The van der Waals surface area contributed by atoms with Crippen molar-refractivity contribution in [3.63, 3.8) is 0 Å². The number of halogens is 1. The molecule has 0 fully saturated rings. The highest BCUT2D eigenvalue weighted by Gasteiger charge is 2.34.